The number of benzene rings is 1. The number of ether oxygens (including phenoxy) is 1. The van der Waals surface area contributed by atoms with Gasteiger partial charge in [-0.15, -0.1) is 0 Å². The van der Waals surface area contributed by atoms with E-state index in [0.717, 1.165) is 60.0 Å². The number of nitrogens with zero attached hydrogens (tertiary/aromatic N) is 3. The highest BCUT2D eigenvalue weighted by Gasteiger charge is 2.16. The second-order valence-corrected chi connectivity index (χ2v) is 7.32. The largest absolute Gasteiger partial charge is 0.381 e. The summed E-state index contributed by atoms with van der Waals surface area (Å²) in [6.45, 7) is 3.51. The van der Waals surface area contributed by atoms with Crippen molar-refractivity contribution in [3.8, 4) is 11.5 Å². The van der Waals surface area contributed by atoms with Gasteiger partial charge in [-0.2, -0.15) is 5.10 Å². The van der Waals surface area contributed by atoms with Gasteiger partial charge >= 0.3 is 0 Å². The summed E-state index contributed by atoms with van der Waals surface area (Å²) in [6.07, 6.45) is 1.93. The summed E-state index contributed by atoms with van der Waals surface area (Å²) in [5.74, 6) is 2.83. The molecule has 29 heavy (non-hydrogen) atoms. The molecule has 8 heteroatoms. The van der Waals surface area contributed by atoms with Crippen LogP contribution in [0, 0.1) is 6.92 Å². The molecule has 1 aliphatic heterocycles. The minimum atomic E-state index is 0. The predicted octanol–water partition coefficient (Wildman–Crippen LogP) is 4.24. The van der Waals surface area contributed by atoms with Crippen LogP contribution in [0.2, 0.25) is 0 Å². The first-order valence-corrected chi connectivity index (χ1v) is 9.83. The molecule has 1 aliphatic rings. The third-order valence-corrected chi connectivity index (χ3v) is 5.03. The molecule has 0 unspecified atom stereocenters. The standard InChI is InChI=1S/C21H23N7O.H2/c1-13-10-20(28-27-13)24-19-12-18(22-15-6-8-29-9-7-15)25-21(26-19)17-11-14-4-2-3-5-16(14)23-17;/h2-5,10-12,15,23H,6-9H2,1H3,(H3,22,24,25,26,27,28);1H. The van der Waals surface area contributed by atoms with Gasteiger partial charge < -0.3 is 20.4 Å². The zero-order chi connectivity index (χ0) is 19.6. The molecule has 0 aliphatic carbocycles. The minimum absolute atomic E-state index is 0. The van der Waals surface area contributed by atoms with Crippen molar-refractivity contribution in [2.45, 2.75) is 25.8 Å². The number of para-hydroxylation sites is 1. The first-order chi connectivity index (χ1) is 14.2. The molecule has 0 radical (unpaired) electrons. The van der Waals surface area contributed by atoms with Crippen molar-refractivity contribution in [2.75, 3.05) is 23.8 Å². The van der Waals surface area contributed by atoms with Crippen LogP contribution in [0.25, 0.3) is 22.4 Å². The van der Waals surface area contributed by atoms with E-state index in [-0.39, 0.29) is 1.43 Å². The highest BCUT2D eigenvalue weighted by molar-refractivity contribution is 5.85. The Balaban J connectivity index is 0.00000218. The average molecular weight is 391 g/mol. The van der Waals surface area contributed by atoms with Crippen LogP contribution in [-0.2, 0) is 4.74 Å². The fourth-order valence-corrected chi connectivity index (χ4v) is 3.56. The molecule has 0 atom stereocenters. The maximum Gasteiger partial charge on any atom is 0.180 e. The van der Waals surface area contributed by atoms with Gasteiger partial charge in [-0.25, -0.2) is 9.97 Å². The van der Waals surface area contributed by atoms with Gasteiger partial charge in [0.2, 0.25) is 0 Å². The Kier molecular flexibility index (Phi) is 4.61. The molecular weight excluding hydrogens is 366 g/mol. The molecule has 4 heterocycles. The van der Waals surface area contributed by atoms with Crippen LogP contribution in [0.3, 0.4) is 0 Å². The molecule has 0 spiro atoms. The molecule has 8 nitrogen and oxygen atoms in total. The van der Waals surface area contributed by atoms with Crippen molar-refractivity contribution in [1.29, 1.82) is 0 Å². The van der Waals surface area contributed by atoms with Gasteiger partial charge in [0.25, 0.3) is 0 Å². The van der Waals surface area contributed by atoms with Crippen LogP contribution in [0.5, 0.6) is 0 Å². The van der Waals surface area contributed by atoms with Crippen molar-refractivity contribution in [3.63, 3.8) is 0 Å². The van der Waals surface area contributed by atoms with E-state index < -0.39 is 0 Å². The number of aromatic amines is 2. The number of nitrogens with one attached hydrogen (secondary N) is 4. The van der Waals surface area contributed by atoms with Crippen LogP contribution in [0.4, 0.5) is 17.5 Å². The maximum absolute atomic E-state index is 5.47. The number of fused-ring (bicyclic) bond motifs is 1. The molecular formula is C21H25N7O. The van der Waals surface area contributed by atoms with Gasteiger partial charge in [-0.3, -0.25) is 5.10 Å². The smallest absolute Gasteiger partial charge is 0.180 e. The van der Waals surface area contributed by atoms with Crippen molar-refractivity contribution in [3.05, 3.63) is 48.2 Å². The molecule has 0 bridgehead atoms. The molecule has 0 amide bonds. The zero-order valence-corrected chi connectivity index (χ0v) is 16.2. The minimum Gasteiger partial charge on any atom is -0.381 e. The molecule has 150 valence electrons. The van der Waals surface area contributed by atoms with Gasteiger partial charge in [0, 0.05) is 49.4 Å². The highest BCUT2D eigenvalue weighted by atomic mass is 16.5. The Bertz CT molecular complexity index is 1100. The van der Waals surface area contributed by atoms with E-state index in [9.17, 15) is 0 Å². The van der Waals surface area contributed by atoms with E-state index in [1.54, 1.807) is 0 Å². The van der Waals surface area contributed by atoms with Crippen LogP contribution in [0.15, 0.2) is 42.5 Å². The van der Waals surface area contributed by atoms with Gasteiger partial charge in [-0.1, -0.05) is 18.2 Å². The Morgan fingerprint density at radius 3 is 2.66 bits per heavy atom. The maximum atomic E-state index is 5.47. The third-order valence-electron chi connectivity index (χ3n) is 5.03. The molecule has 4 N–H and O–H groups in total. The lowest BCUT2D eigenvalue weighted by Crippen LogP contribution is -2.28. The summed E-state index contributed by atoms with van der Waals surface area (Å²) in [5, 5.41) is 15.1. The van der Waals surface area contributed by atoms with Gasteiger partial charge in [0.15, 0.2) is 11.6 Å². The molecule has 4 aromatic rings. The number of anilines is 3. The second kappa shape index (κ2) is 7.56. The summed E-state index contributed by atoms with van der Waals surface area (Å²) >= 11 is 0. The number of rotatable bonds is 5. The van der Waals surface area contributed by atoms with Gasteiger partial charge in [0.05, 0.1) is 5.69 Å². The quantitative estimate of drug-likeness (QED) is 0.406. The summed E-state index contributed by atoms with van der Waals surface area (Å²) in [7, 11) is 0. The predicted molar refractivity (Wildman–Crippen MR) is 116 cm³/mol. The third kappa shape index (κ3) is 3.93. The molecule has 1 aromatic carbocycles. The van der Waals surface area contributed by atoms with Crippen molar-refractivity contribution < 1.29 is 6.16 Å². The lowest BCUT2D eigenvalue weighted by atomic mass is 10.1. The summed E-state index contributed by atoms with van der Waals surface area (Å²) in [4.78, 5) is 12.9. The molecule has 0 saturated carbocycles. The highest BCUT2D eigenvalue weighted by Crippen LogP contribution is 2.26. The van der Waals surface area contributed by atoms with Crippen LogP contribution >= 0.6 is 0 Å². The van der Waals surface area contributed by atoms with Gasteiger partial charge in [-0.05, 0) is 31.9 Å². The van der Waals surface area contributed by atoms with E-state index in [4.69, 9.17) is 14.7 Å². The molecule has 1 saturated heterocycles. The second-order valence-electron chi connectivity index (χ2n) is 7.32. The molecule has 1 fully saturated rings. The number of hydrogen-bond acceptors (Lipinski definition) is 6. The summed E-state index contributed by atoms with van der Waals surface area (Å²) in [5.41, 5.74) is 2.92. The monoisotopic (exact) mass is 391 g/mol. The lowest BCUT2D eigenvalue weighted by molar-refractivity contribution is 0.0904. The van der Waals surface area contributed by atoms with E-state index in [0.29, 0.717) is 17.7 Å². The van der Waals surface area contributed by atoms with Crippen LogP contribution in [-0.4, -0.2) is 44.4 Å². The first-order valence-electron chi connectivity index (χ1n) is 9.83. The summed E-state index contributed by atoms with van der Waals surface area (Å²) < 4.78 is 5.47. The topological polar surface area (TPSA) is 104 Å². The number of H-pyrrole nitrogens is 2. The van der Waals surface area contributed by atoms with E-state index in [1.807, 2.05) is 31.2 Å². The SMILES string of the molecule is Cc1cc(Nc2cc(NC3CCOCC3)nc(-c3cc4ccccc4[nH]3)n2)n[nH]1.[HH]. The fraction of sp³-hybridized carbons (Fsp3) is 0.286. The van der Waals surface area contributed by atoms with Crippen molar-refractivity contribution in [2.24, 2.45) is 0 Å². The number of aryl methyl sites for hydroxylation is 1. The van der Waals surface area contributed by atoms with E-state index in [1.165, 1.54) is 0 Å². The number of aromatic nitrogens is 5. The zero-order valence-electron chi connectivity index (χ0n) is 16.2. The van der Waals surface area contributed by atoms with Crippen LogP contribution < -0.4 is 10.6 Å². The normalized spacial score (nSPS) is 14.9. The van der Waals surface area contributed by atoms with Gasteiger partial charge in [0.1, 0.15) is 11.6 Å². The van der Waals surface area contributed by atoms with E-state index in [2.05, 4.69) is 44.0 Å². The lowest BCUT2D eigenvalue weighted by Gasteiger charge is -2.24. The number of hydrogen-bond donors (Lipinski definition) is 4. The van der Waals surface area contributed by atoms with Crippen molar-refractivity contribution >= 4 is 28.4 Å². The van der Waals surface area contributed by atoms with Crippen LogP contribution in [0.1, 0.15) is 20.0 Å². The van der Waals surface area contributed by atoms with Crippen molar-refractivity contribution in [1.82, 2.24) is 25.1 Å². The Morgan fingerprint density at radius 1 is 1.03 bits per heavy atom. The van der Waals surface area contributed by atoms with E-state index >= 15 is 0 Å². The average Bonchev–Trinajstić information content (AvgIpc) is 3.34. The summed E-state index contributed by atoms with van der Waals surface area (Å²) in [6, 6.07) is 14.4. The molecule has 5 rings (SSSR count). The Morgan fingerprint density at radius 2 is 1.86 bits per heavy atom. The fourth-order valence-electron chi connectivity index (χ4n) is 3.56. The Hall–Kier alpha value is -3.39. The Labute approximate surface area is 169 Å². The molecule has 3 aromatic heterocycles. The first kappa shape index (κ1) is 17.7.